The second-order valence-electron chi connectivity index (χ2n) is 7.01. The van der Waals surface area contributed by atoms with E-state index in [2.05, 4.69) is 10.6 Å². The first-order valence-corrected chi connectivity index (χ1v) is 9.02. The van der Waals surface area contributed by atoms with E-state index < -0.39 is 16.4 Å². The lowest BCUT2D eigenvalue weighted by Crippen LogP contribution is -2.44. The Kier molecular flexibility index (Phi) is 5.11. The van der Waals surface area contributed by atoms with E-state index in [4.69, 9.17) is 0 Å². The number of para-hydroxylation sites is 1. The molecule has 9 nitrogen and oxygen atoms in total. The Morgan fingerprint density at radius 2 is 2.04 bits per heavy atom. The van der Waals surface area contributed by atoms with E-state index >= 15 is 0 Å². The van der Waals surface area contributed by atoms with Crippen LogP contribution in [0.1, 0.15) is 48.0 Å². The van der Waals surface area contributed by atoms with Crippen molar-refractivity contribution in [2.75, 3.05) is 13.1 Å². The van der Waals surface area contributed by atoms with E-state index in [0.29, 0.717) is 24.8 Å². The lowest BCUT2D eigenvalue weighted by Gasteiger charge is -2.20. The lowest BCUT2D eigenvalue weighted by atomic mass is 9.98. The maximum absolute atomic E-state index is 12.5. The highest BCUT2D eigenvalue weighted by Gasteiger charge is 2.51. The van der Waals surface area contributed by atoms with E-state index in [1.54, 1.807) is 19.1 Å². The molecule has 3 rings (SSSR count). The number of nitro benzene ring substituents is 1. The Bertz CT molecular complexity index is 801. The fraction of sp³-hybridized carbons (Fsp3) is 0.500. The summed E-state index contributed by atoms with van der Waals surface area (Å²) in [5, 5.41) is 16.6. The van der Waals surface area contributed by atoms with Crippen molar-refractivity contribution in [3.8, 4) is 0 Å². The highest BCUT2D eigenvalue weighted by molar-refractivity contribution is 6.07. The molecule has 1 aromatic carbocycles. The summed E-state index contributed by atoms with van der Waals surface area (Å²) < 4.78 is 0. The summed E-state index contributed by atoms with van der Waals surface area (Å²) in [4.78, 5) is 48.7. The zero-order valence-electron chi connectivity index (χ0n) is 15.1. The smallest absolute Gasteiger partial charge is 0.325 e. The van der Waals surface area contributed by atoms with Gasteiger partial charge in [-0.1, -0.05) is 25.0 Å². The van der Waals surface area contributed by atoms with E-state index in [1.807, 2.05) is 0 Å². The van der Waals surface area contributed by atoms with Crippen molar-refractivity contribution in [3.63, 3.8) is 0 Å². The van der Waals surface area contributed by atoms with Crippen LogP contribution in [0.15, 0.2) is 18.2 Å². The van der Waals surface area contributed by atoms with Crippen LogP contribution in [-0.2, 0) is 4.79 Å². The predicted molar refractivity (Wildman–Crippen MR) is 96.2 cm³/mol. The number of rotatable bonds is 6. The number of aryl methyl sites for hydroxylation is 1. The van der Waals surface area contributed by atoms with E-state index in [-0.39, 0.29) is 36.3 Å². The second-order valence-corrected chi connectivity index (χ2v) is 7.01. The molecule has 1 spiro atoms. The van der Waals surface area contributed by atoms with Crippen molar-refractivity contribution in [1.82, 2.24) is 15.5 Å². The van der Waals surface area contributed by atoms with Gasteiger partial charge in [-0.2, -0.15) is 0 Å². The summed E-state index contributed by atoms with van der Waals surface area (Å²) in [6, 6.07) is 4.18. The minimum Gasteiger partial charge on any atom is -0.352 e. The zero-order chi connectivity index (χ0) is 19.6. The first-order chi connectivity index (χ1) is 12.9. The van der Waals surface area contributed by atoms with Crippen molar-refractivity contribution in [1.29, 1.82) is 0 Å². The maximum atomic E-state index is 12.5. The molecule has 9 heteroatoms. The normalized spacial score (nSPS) is 18.0. The number of carbonyl (C=O) groups is 3. The van der Waals surface area contributed by atoms with Crippen LogP contribution in [0, 0.1) is 17.0 Å². The molecule has 1 aromatic rings. The van der Waals surface area contributed by atoms with E-state index in [0.717, 1.165) is 12.8 Å². The predicted octanol–water partition coefficient (Wildman–Crippen LogP) is 1.89. The largest absolute Gasteiger partial charge is 0.352 e. The topological polar surface area (TPSA) is 122 Å². The van der Waals surface area contributed by atoms with Gasteiger partial charge in [-0.25, -0.2) is 4.79 Å². The molecule has 1 aliphatic heterocycles. The SMILES string of the molecule is Cc1cccc(C(=O)NCCCN2C(=O)NC3(CCCC3)C2=O)c1[N+](=O)[O-]. The van der Waals surface area contributed by atoms with Gasteiger partial charge in [0, 0.05) is 18.7 Å². The molecule has 4 amide bonds. The number of amides is 4. The van der Waals surface area contributed by atoms with Crippen molar-refractivity contribution in [3.05, 3.63) is 39.4 Å². The lowest BCUT2D eigenvalue weighted by molar-refractivity contribution is -0.385. The molecule has 1 saturated heterocycles. The Morgan fingerprint density at radius 3 is 2.70 bits per heavy atom. The molecule has 2 aliphatic rings. The van der Waals surface area contributed by atoms with Gasteiger partial charge in [-0.05, 0) is 32.3 Å². The number of nitrogens with zero attached hydrogens (tertiary/aromatic N) is 2. The number of imide groups is 1. The summed E-state index contributed by atoms with van der Waals surface area (Å²) in [7, 11) is 0. The van der Waals surface area contributed by atoms with Gasteiger partial charge >= 0.3 is 6.03 Å². The van der Waals surface area contributed by atoms with Crippen LogP contribution in [0.25, 0.3) is 0 Å². The molecular weight excluding hydrogens is 352 g/mol. The maximum Gasteiger partial charge on any atom is 0.325 e. The highest BCUT2D eigenvalue weighted by Crippen LogP contribution is 2.35. The van der Waals surface area contributed by atoms with Gasteiger partial charge in [0.25, 0.3) is 17.5 Å². The summed E-state index contributed by atoms with van der Waals surface area (Å²) >= 11 is 0. The molecule has 1 aliphatic carbocycles. The second kappa shape index (κ2) is 7.34. The van der Waals surface area contributed by atoms with Crippen LogP contribution in [0.5, 0.6) is 0 Å². The Hall–Kier alpha value is -2.97. The molecule has 0 atom stereocenters. The van der Waals surface area contributed by atoms with Crippen molar-refractivity contribution in [2.24, 2.45) is 0 Å². The van der Waals surface area contributed by atoms with Gasteiger partial charge < -0.3 is 10.6 Å². The zero-order valence-corrected chi connectivity index (χ0v) is 15.1. The molecule has 1 heterocycles. The van der Waals surface area contributed by atoms with E-state index in [1.165, 1.54) is 11.0 Å². The molecule has 1 saturated carbocycles. The minimum atomic E-state index is -0.734. The van der Waals surface area contributed by atoms with Crippen LogP contribution >= 0.6 is 0 Å². The summed E-state index contributed by atoms with van der Waals surface area (Å²) in [6.07, 6.45) is 3.56. The van der Waals surface area contributed by atoms with Gasteiger partial charge in [0.1, 0.15) is 11.1 Å². The Balaban J connectivity index is 1.55. The number of hydrogen-bond donors (Lipinski definition) is 2. The molecule has 0 radical (unpaired) electrons. The first-order valence-electron chi connectivity index (χ1n) is 9.02. The van der Waals surface area contributed by atoms with Crippen LogP contribution in [0.4, 0.5) is 10.5 Å². The Labute approximate surface area is 156 Å². The molecule has 0 unspecified atom stereocenters. The Morgan fingerprint density at radius 1 is 1.33 bits per heavy atom. The third-order valence-corrected chi connectivity index (χ3v) is 5.21. The molecule has 0 aromatic heterocycles. The average molecular weight is 374 g/mol. The number of nitrogens with one attached hydrogen (secondary N) is 2. The number of hydrogen-bond acceptors (Lipinski definition) is 5. The first kappa shape index (κ1) is 18.8. The number of benzene rings is 1. The standard InChI is InChI=1S/C18H22N4O5/c1-12-6-4-7-13(14(12)22(26)27)15(23)19-10-5-11-21-16(24)18(20-17(21)25)8-2-3-9-18/h4,6-7H,2-3,5,8-11H2,1H3,(H,19,23)(H,20,25). The molecule has 2 N–H and O–H groups in total. The van der Waals surface area contributed by atoms with Gasteiger partial charge in [-0.3, -0.25) is 24.6 Å². The van der Waals surface area contributed by atoms with Gasteiger partial charge in [0.2, 0.25) is 0 Å². The van der Waals surface area contributed by atoms with Crippen LogP contribution in [-0.4, -0.2) is 46.3 Å². The average Bonchev–Trinajstić information content (AvgIpc) is 3.18. The van der Waals surface area contributed by atoms with Gasteiger partial charge in [0.05, 0.1) is 4.92 Å². The number of nitro groups is 1. The number of urea groups is 1. The fourth-order valence-corrected chi connectivity index (χ4v) is 3.82. The quantitative estimate of drug-likeness (QED) is 0.341. The van der Waals surface area contributed by atoms with Gasteiger partial charge in [-0.15, -0.1) is 0 Å². The number of carbonyl (C=O) groups excluding carboxylic acids is 3. The van der Waals surface area contributed by atoms with Crippen molar-refractivity contribution >= 4 is 23.5 Å². The minimum absolute atomic E-state index is 0.0000921. The molecule has 2 fully saturated rings. The van der Waals surface area contributed by atoms with Gasteiger partial charge in [0.15, 0.2) is 0 Å². The monoisotopic (exact) mass is 374 g/mol. The van der Waals surface area contributed by atoms with Crippen LogP contribution < -0.4 is 10.6 Å². The third kappa shape index (κ3) is 3.49. The third-order valence-electron chi connectivity index (χ3n) is 5.21. The fourth-order valence-electron chi connectivity index (χ4n) is 3.82. The van der Waals surface area contributed by atoms with E-state index in [9.17, 15) is 24.5 Å². The highest BCUT2D eigenvalue weighted by atomic mass is 16.6. The molecule has 27 heavy (non-hydrogen) atoms. The summed E-state index contributed by atoms with van der Waals surface area (Å²) in [5.74, 6) is -0.736. The molecule has 144 valence electrons. The molecule has 0 bridgehead atoms. The summed E-state index contributed by atoms with van der Waals surface area (Å²) in [6.45, 7) is 1.97. The van der Waals surface area contributed by atoms with Crippen LogP contribution in [0.2, 0.25) is 0 Å². The van der Waals surface area contributed by atoms with Crippen molar-refractivity contribution < 1.29 is 19.3 Å². The van der Waals surface area contributed by atoms with Crippen molar-refractivity contribution in [2.45, 2.75) is 44.6 Å². The molecular formula is C18H22N4O5. The van der Waals surface area contributed by atoms with Crippen LogP contribution in [0.3, 0.4) is 0 Å². The summed E-state index contributed by atoms with van der Waals surface area (Å²) in [5.41, 5.74) is -0.538.